The van der Waals surface area contributed by atoms with Gasteiger partial charge in [0.05, 0.1) is 11.5 Å². The van der Waals surface area contributed by atoms with Crippen LogP contribution in [0.15, 0.2) is 18.2 Å². The third kappa shape index (κ3) is 3.46. The van der Waals surface area contributed by atoms with Crippen molar-refractivity contribution in [2.75, 3.05) is 18.6 Å². The first kappa shape index (κ1) is 14.3. The Kier molecular flexibility index (Phi) is 4.13. The van der Waals surface area contributed by atoms with Crippen molar-refractivity contribution < 1.29 is 18.3 Å². The van der Waals surface area contributed by atoms with E-state index in [0.717, 1.165) is 11.1 Å². The van der Waals surface area contributed by atoms with E-state index in [-0.39, 0.29) is 11.5 Å². The minimum absolute atomic E-state index is 0.124. The van der Waals surface area contributed by atoms with E-state index in [1.807, 2.05) is 32.2 Å². The average molecular weight is 285 g/mol. The van der Waals surface area contributed by atoms with Gasteiger partial charge in [-0.05, 0) is 20.0 Å². The van der Waals surface area contributed by atoms with Crippen LogP contribution in [0.5, 0.6) is 5.75 Å². The zero-order chi connectivity index (χ0) is 14.0. The maximum atomic E-state index is 11.5. The van der Waals surface area contributed by atoms with Crippen molar-refractivity contribution in [3.05, 3.63) is 29.3 Å². The predicted octanol–water partition coefficient (Wildman–Crippen LogP) is 0.251. The van der Waals surface area contributed by atoms with Gasteiger partial charge in [0.25, 0.3) is 0 Å². The third-order valence-electron chi connectivity index (χ3n) is 3.13. The van der Waals surface area contributed by atoms with Crippen molar-refractivity contribution in [3.63, 3.8) is 0 Å². The van der Waals surface area contributed by atoms with E-state index >= 15 is 0 Å². The van der Waals surface area contributed by atoms with Crippen molar-refractivity contribution in [2.24, 2.45) is 0 Å². The van der Waals surface area contributed by atoms with Crippen LogP contribution in [-0.2, 0) is 16.4 Å². The van der Waals surface area contributed by atoms with Crippen LogP contribution in [-0.4, -0.2) is 44.3 Å². The second-order valence-electron chi connectivity index (χ2n) is 4.94. The number of ether oxygens (including phenoxy) is 1. The van der Waals surface area contributed by atoms with Crippen LogP contribution < -0.4 is 10.1 Å². The van der Waals surface area contributed by atoms with Crippen molar-refractivity contribution in [2.45, 2.75) is 25.7 Å². The summed E-state index contributed by atoms with van der Waals surface area (Å²) < 4.78 is 28.6. The van der Waals surface area contributed by atoms with Crippen molar-refractivity contribution in [1.29, 1.82) is 0 Å². The number of hydrogen-bond donors (Lipinski definition) is 2. The molecule has 0 bridgehead atoms. The van der Waals surface area contributed by atoms with Gasteiger partial charge >= 0.3 is 0 Å². The Labute approximate surface area is 113 Å². The van der Waals surface area contributed by atoms with Gasteiger partial charge in [-0.2, -0.15) is 0 Å². The second-order valence-corrected chi connectivity index (χ2v) is 7.10. The van der Waals surface area contributed by atoms with Gasteiger partial charge in [-0.1, -0.05) is 17.7 Å². The summed E-state index contributed by atoms with van der Waals surface area (Å²) in [6, 6.07) is 5.71. The van der Waals surface area contributed by atoms with E-state index in [0.29, 0.717) is 12.3 Å². The van der Waals surface area contributed by atoms with E-state index in [1.165, 1.54) is 0 Å². The minimum Gasteiger partial charge on any atom is -0.486 e. The molecule has 0 aliphatic carbocycles. The molecule has 1 aromatic rings. The van der Waals surface area contributed by atoms with E-state index in [4.69, 9.17) is 4.74 Å². The first-order valence-corrected chi connectivity index (χ1v) is 8.03. The molecule has 2 unspecified atom stereocenters. The fourth-order valence-electron chi connectivity index (χ4n) is 2.22. The van der Waals surface area contributed by atoms with Gasteiger partial charge in [-0.15, -0.1) is 0 Å². The number of aliphatic hydroxyl groups is 1. The summed E-state index contributed by atoms with van der Waals surface area (Å²) >= 11 is 0. The van der Waals surface area contributed by atoms with Crippen LogP contribution >= 0.6 is 0 Å². The molecule has 2 rings (SSSR count). The van der Waals surface area contributed by atoms with Crippen LogP contribution in [0, 0.1) is 6.92 Å². The van der Waals surface area contributed by atoms with E-state index in [2.05, 4.69) is 5.32 Å². The van der Waals surface area contributed by atoms with Gasteiger partial charge in [-0.25, -0.2) is 8.42 Å². The van der Waals surface area contributed by atoms with E-state index in [9.17, 15) is 13.5 Å². The summed E-state index contributed by atoms with van der Waals surface area (Å²) in [7, 11) is -1.35. The predicted molar refractivity (Wildman–Crippen MR) is 73.0 cm³/mol. The summed E-state index contributed by atoms with van der Waals surface area (Å²) in [6.07, 6.45) is -1.63. The fraction of sp³-hybridized carbons (Fsp3) is 0.538. The quantitative estimate of drug-likeness (QED) is 0.829. The molecule has 5 nitrogen and oxygen atoms in total. The highest BCUT2D eigenvalue weighted by Crippen LogP contribution is 2.25. The molecule has 0 amide bonds. The van der Waals surface area contributed by atoms with Crippen LogP contribution in [0.25, 0.3) is 0 Å². The zero-order valence-corrected chi connectivity index (χ0v) is 11.9. The van der Waals surface area contributed by atoms with Crippen molar-refractivity contribution >= 4 is 9.84 Å². The Morgan fingerprint density at radius 1 is 1.42 bits per heavy atom. The molecule has 0 aromatic heterocycles. The Balaban J connectivity index is 2.19. The van der Waals surface area contributed by atoms with Gasteiger partial charge in [0.15, 0.2) is 9.84 Å². The lowest BCUT2D eigenvalue weighted by Crippen LogP contribution is -2.30. The maximum Gasteiger partial charge on any atom is 0.156 e. The molecule has 1 aliphatic rings. The molecule has 6 heteroatoms. The molecule has 1 saturated heterocycles. The van der Waals surface area contributed by atoms with Crippen molar-refractivity contribution in [3.8, 4) is 5.75 Å². The highest BCUT2D eigenvalue weighted by molar-refractivity contribution is 7.91. The maximum absolute atomic E-state index is 11.5. The molecule has 0 spiro atoms. The highest BCUT2D eigenvalue weighted by Gasteiger charge is 2.38. The minimum atomic E-state index is -3.19. The average Bonchev–Trinajstić information content (AvgIpc) is 2.56. The van der Waals surface area contributed by atoms with Gasteiger partial charge in [-0.3, -0.25) is 0 Å². The van der Waals surface area contributed by atoms with Gasteiger partial charge in [0, 0.05) is 12.1 Å². The topological polar surface area (TPSA) is 75.6 Å². The number of sulfone groups is 1. The molecule has 1 aromatic carbocycles. The molecule has 0 saturated carbocycles. The van der Waals surface area contributed by atoms with Crippen LogP contribution in [0.4, 0.5) is 0 Å². The molecular formula is C13H19NO4S. The molecule has 1 heterocycles. The fourth-order valence-corrected chi connectivity index (χ4v) is 3.89. The summed E-state index contributed by atoms with van der Waals surface area (Å²) in [5, 5.41) is 12.8. The number of rotatable bonds is 4. The third-order valence-corrected chi connectivity index (χ3v) is 4.82. The molecule has 0 radical (unpaired) electrons. The lowest BCUT2D eigenvalue weighted by molar-refractivity contribution is 0.0731. The summed E-state index contributed by atoms with van der Waals surface area (Å²) in [6.45, 7) is 2.62. The van der Waals surface area contributed by atoms with E-state index in [1.54, 1.807) is 0 Å². The smallest absolute Gasteiger partial charge is 0.156 e. The summed E-state index contributed by atoms with van der Waals surface area (Å²) in [4.78, 5) is 0. The lowest BCUT2D eigenvalue weighted by Gasteiger charge is -2.18. The summed E-state index contributed by atoms with van der Waals surface area (Å²) in [5.41, 5.74) is 2.07. The molecule has 2 atom stereocenters. The number of hydrogen-bond acceptors (Lipinski definition) is 5. The highest BCUT2D eigenvalue weighted by atomic mass is 32.2. The standard InChI is InChI=1S/C13H19NO4S/c1-9-3-4-12(10(5-9)6-14-2)18-13-8-19(16,17)7-11(13)15/h3-5,11,13-15H,6-8H2,1-2H3. The first-order chi connectivity index (χ1) is 8.91. The summed E-state index contributed by atoms with van der Waals surface area (Å²) in [5.74, 6) is 0.285. The Bertz CT molecular complexity index is 556. The zero-order valence-electron chi connectivity index (χ0n) is 11.1. The molecule has 1 aliphatic heterocycles. The number of benzene rings is 1. The Morgan fingerprint density at radius 3 is 2.74 bits per heavy atom. The first-order valence-electron chi connectivity index (χ1n) is 6.20. The van der Waals surface area contributed by atoms with Crippen molar-refractivity contribution in [1.82, 2.24) is 5.32 Å². The molecule has 2 N–H and O–H groups in total. The number of aryl methyl sites for hydroxylation is 1. The normalized spacial score (nSPS) is 25.4. The van der Waals surface area contributed by atoms with Gasteiger partial charge in [0.2, 0.25) is 0 Å². The second kappa shape index (κ2) is 5.48. The lowest BCUT2D eigenvalue weighted by atomic mass is 10.1. The number of aliphatic hydroxyl groups excluding tert-OH is 1. The molecule has 19 heavy (non-hydrogen) atoms. The van der Waals surface area contributed by atoms with Gasteiger partial charge < -0.3 is 15.2 Å². The van der Waals surface area contributed by atoms with Crippen LogP contribution in [0.3, 0.4) is 0 Å². The van der Waals surface area contributed by atoms with Gasteiger partial charge in [0.1, 0.15) is 18.0 Å². The van der Waals surface area contributed by atoms with E-state index < -0.39 is 22.0 Å². The largest absolute Gasteiger partial charge is 0.486 e. The molecule has 1 fully saturated rings. The molecule has 106 valence electrons. The monoisotopic (exact) mass is 285 g/mol. The van der Waals surface area contributed by atoms with Crippen LogP contribution in [0.2, 0.25) is 0 Å². The Hall–Kier alpha value is -1.11. The van der Waals surface area contributed by atoms with Crippen LogP contribution in [0.1, 0.15) is 11.1 Å². The molecular weight excluding hydrogens is 266 g/mol. The SMILES string of the molecule is CNCc1cc(C)ccc1OC1CS(=O)(=O)CC1O. The Morgan fingerprint density at radius 2 is 2.16 bits per heavy atom. The number of nitrogens with one attached hydrogen (secondary N) is 1.